The second-order valence-electron chi connectivity index (χ2n) is 7.16. The number of pyridine rings is 1. The Balaban J connectivity index is 1.40. The Morgan fingerprint density at radius 2 is 1.79 bits per heavy atom. The Kier molecular flexibility index (Phi) is 7.22. The molecule has 0 radical (unpaired) electrons. The molecule has 168 valence electrons. The fourth-order valence-electron chi connectivity index (χ4n) is 3.32. The number of amides is 1. The van der Waals surface area contributed by atoms with E-state index in [2.05, 4.69) is 10.3 Å². The van der Waals surface area contributed by atoms with E-state index >= 15 is 0 Å². The zero-order chi connectivity index (χ0) is 23.0. The van der Waals surface area contributed by atoms with E-state index < -0.39 is 0 Å². The number of aromatic nitrogens is 1. The lowest BCUT2D eigenvalue weighted by Crippen LogP contribution is -2.10. The molecule has 0 aliphatic rings. The van der Waals surface area contributed by atoms with Gasteiger partial charge in [-0.05, 0) is 47.3 Å². The van der Waals surface area contributed by atoms with E-state index in [1.54, 1.807) is 20.3 Å². The first-order valence-corrected chi connectivity index (χ1v) is 11.3. The SMILES string of the molecule is COc1ccc(CCOc2cccc(-c3cccc(NC(=O)c4cccs4)c3)n2)cc1OC. The summed E-state index contributed by atoms with van der Waals surface area (Å²) < 4.78 is 16.5. The molecule has 0 atom stereocenters. The summed E-state index contributed by atoms with van der Waals surface area (Å²) >= 11 is 1.41. The van der Waals surface area contributed by atoms with E-state index in [1.165, 1.54) is 11.3 Å². The first kappa shape index (κ1) is 22.4. The second-order valence-corrected chi connectivity index (χ2v) is 8.11. The highest BCUT2D eigenvalue weighted by atomic mass is 32.1. The lowest BCUT2D eigenvalue weighted by molar-refractivity contribution is 0.103. The van der Waals surface area contributed by atoms with Crippen molar-refractivity contribution in [3.8, 4) is 28.6 Å². The minimum atomic E-state index is -0.123. The van der Waals surface area contributed by atoms with Crippen molar-refractivity contribution in [2.24, 2.45) is 0 Å². The number of hydrogen-bond acceptors (Lipinski definition) is 6. The van der Waals surface area contributed by atoms with Gasteiger partial charge in [0.2, 0.25) is 5.88 Å². The summed E-state index contributed by atoms with van der Waals surface area (Å²) in [4.78, 5) is 17.6. The highest BCUT2D eigenvalue weighted by molar-refractivity contribution is 7.12. The van der Waals surface area contributed by atoms with E-state index in [0.29, 0.717) is 41.0 Å². The molecule has 0 spiro atoms. The van der Waals surface area contributed by atoms with Crippen LogP contribution in [0.25, 0.3) is 11.3 Å². The number of methoxy groups -OCH3 is 2. The summed E-state index contributed by atoms with van der Waals surface area (Å²) in [7, 11) is 3.24. The number of hydrogen-bond donors (Lipinski definition) is 1. The molecule has 6 nitrogen and oxygen atoms in total. The molecule has 4 aromatic rings. The average Bonchev–Trinajstić information content (AvgIpc) is 3.40. The van der Waals surface area contributed by atoms with Gasteiger partial charge in [0.15, 0.2) is 11.5 Å². The number of anilines is 1. The molecule has 2 aromatic carbocycles. The molecule has 0 aliphatic heterocycles. The largest absolute Gasteiger partial charge is 0.493 e. The van der Waals surface area contributed by atoms with Gasteiger partial charge in [-0.15, -0.1) is 11.3 Å². The van der Waals surface area contributed by atoms with E-state index in [1.807, 2.05) is 72.1 Å². The molecular formula is C26H24N2O4S. The fraction of sp³-hybridized carbons (Fsp3) is 0.154. The van der Waals surface area contributed by atoms with Gasteiger partial charge in [0, 0.05) is 23.7 Å². The zero-order valence-electron chi connectivity index (χ0n) is 18.4. The summed E-state index contributed by atoms with van der Waals surface area (Å²) in [6, 6.07) is 22.8. The Hall–Kier alpha value is -3.84. The molecule has 0 unspecified atom stereocenters. The molecule has 2 aromatic heterocycles. The van der Waals surface area contributed by atoms with Crippen LogP contribution in [0.15, 0.2) is 78.2 Å². The van der Waals surface area contributed by atoms with Gasteiger partial charge in [-0.25, -0.2) is 4.98 Å². The van der Waals surface area contributed by atoms with Gasteiger partial charge < -0.3 is 19.5 Å². The summed E-state index contributed by atoms with van der Waals surface area (Å²) in [6.45, 7) is 0.475. The zero-order valence-corrected chi connectivity index (χ0v) is 19.2. The van der Waals surface area contributed by atoms with Crippen molar-refractivity contribution < 1.29 is 19.0 Å². The Morgan fingerprint density at radius 3 is 2.58 bits per heavy atom. The van der Waals surface area contributed by atoms with Crippen molar-refractivity contribution in [2.45, 2.75) is 6.42 Å². The van der Waals surface area contributed by atoms with Crippen LogP contribution in [0.5, 0.6) is 17.4 Å². The molecule has 33 heavy (non-hydrogen) atoms. The Morgan fingerprint density at radius 1 is 0.939 bits per heavy atom. The first-order chi connectivity index (χ1) is 16.2. The Labute approximate surface area is 196 Å². The van der Waals surface area contributed by atoms with Crippen LogP contribution >= 0.6 is 11.3 Å². The molecule has 0 fully saturated rings. The smallest absolute Gasteiger partial charge is 0.265 e. The van der Waals surface area contributed by atoms with Crippen LogP contribution in [-0.2, 0) is 6.42 Å². The number of ether oxygens (including phenoxy) is 3. The summed E-state index contributed by atoms with van der Waals surface area (Å²) in [6.07, 6.45) is 0.705. The van der Waals surface area contributed by atoms with Gasteiger partial charge in [-0.3, -0.25) is 4.79 Å². The van der Waals surface area contributed by atoms with E-state index in [0.717, 1.165) is 16.8 Å². The number of benzene rings is 2. The Bertz CT molecular complexity index is 1220. The average molecular weight is 461 g/mol. The van der Waals surface area contributed by atoms with Crippen molar-refractivity contribution in [2.75, 3.05) is 26.1 Å². The predicted octanol–water partition coefficient (Wildman–Crippen LogP) is 5.70. The van der Waals surface area contributed by atoms with Gasteiger partial charge in [0.1, 0.15) is 0 Å². The molecule has 1 N–H and O–H groups in total. The van der Waals surface area contributed by atoms with Crippen molar-refractivity contribution >= 4 is 22.9 Å². The maximum absolute atomic E-state index is 12.3. The van der Waals surface area contributed by atoms with Crippen LogP contribution in [0.1, 0.15) is 15.2 Å². The van der Waals surface area contributed by atoms with Crippen LogP contribution in [0, 0.1) is 0 Å². The minimum absolute atomic E-state index is 0.123. The second kappa shape index (κ2) is 10.7. The number of nitrogens with zero attached hydrogens (tertiary/aromatic N) is 1. The third kappa shape index (κ3) is 5.70. The molecule has 0 saturated heterocycles. The third-order valence-electron chi connectivity index (χ3n) is 4.97. The standard InChI is InChI=1S/C26H24N2O4S/c1-30-22-12-11-18(16-23(22)31-2)13-14-32-25-10-4-8-21(28-25)19-6-3-7-20(17-19)27-26(29)24-9-5-15-33-24/h3-12,15-17H,13-14H2,1-2H3,(H,27,29). The highest BCUT2D eigenvalue weighted by Crippen LogP contribution is 2.28. The third-order valence-corrected chi connectivity index (χ3v) is 5.84. The molecule has 1 amide bonds. The minimum Gasteiger partial charge on any atom is -0.493 e. The van der Waals surface area contributed by atoms with Crippen LogP contribution in [-0.4, -0.2) is 31.7 Å². The molecule has 2 heterocycles. The predicted molar refractivity (Wildman–Crippen MR) is 131 cm³/mol. The van der Waals surface area contributed by atoms with E-state index in [-0.39, 0.29) is 5.91 Å². The maximum atomic E-state index is 12.3. The van der Waals surface area contributed by atoms with Crippen LogP contribution < -0.4 is 19.5 Å². The van der Waals surface area contributed by atoms with E-state index in [4.69, 9.17) is 14.2 Å². The maximum Gasteiger partial charge on any atom is 0.265 e. The van der Waals surface area contributed by atoms with Gasteiger partial charge in [0.25, 0.3) is 5.91 Å². The van der Waals surface area contributed by atoms with Crippen LogP contribution in [0.3, 0.4) is 0 Å². The first-order valence-electron chi connectivity index (χ1n) is 10.4. The van der Waals surface area contributed by atoms with Crippen LogP contribution in [0.4, 0.5) is 5.69 Å². The van der Waals surface area contributed by atoms with Crippen molar-refractivity contribution in [3.63, 3.8) is 0 Å². The van der Waals surface area contributed by atoms with Gasteiger partial charge >= 0.3 is 0 Å². The number of carbonyl (C=O) groups is 1. The quantitative estimate of drug-likeness (QED) is 0.347. The fourth-order valence-corrected chi connectivity index (χ4v) is 3.94. The number of nitrogens with one attached hydrogen (secondary N) is 1. The number of rotatable bonds is 9. The summed E-state index contributed by atoms with van der Waals surface area (Å²) in [5, 5.41) is 4.81. The molecule has 0 aliphatic carbocycles. The molecular weight excluding hydrogens is 436 g/mol. The number of thiophene rings is 1. The molecule has 7 heteroatoms. The van der Waals surface area contributed by atoms with E-state index in [9.17, 15) is 4.79 Å². The summed E-state index contributed by atoms with van der Waals surface area (Å²) in [5.41, 5.74) is 3.46. The molecule has 0 bridgehead atoms. The van der Waals surface area contributed by atoms with Gasteiger partial charge in [-0.2, -0.15) is 0 Å². The summed E-state index contributed by atoms with van der Waals surface area (Å²) in [5.74, 6) is 1.81. The lowest BCUT2D eigenvalue weighted by atomic mass is 10.1. The van der Waals surface area contributed by atoms with Crippen LogP contribution in [0.2, 0.25) is 0 Å². The van der Waals surface area contributed by atoms with Crippen molar-refractivity contribution in [3.05, 3.63) is 88.6 Å². The molecule has 4 rings (SSSR count). The normalized spacial score (nSPS) is 10.5. The number of carbonyl (C=O) groups excluding carboxylic acids is 1. The lowest BCUT2D eigenvalue weighted by Gasteiger charge is -2.11. The molecule has 0 saturated carbocycles. The van der Waals surface area contributed by atoms with Crippen molar-refractivity contribution in [1.82, 2.24) is 4.98 Å². The highest BCUT2D eigenvalue weighted by Gasteiger charge is 2.09. The topological polar surface area (TPSA) is 69.7 Å². The monoisotopic (exact) mass is 460 g/mol. The van der Waals surface area contributed by atoms with Gasteiger partial charge in [-0.1, -0.05) is 30.3 Å². The van der Waals surface area contributed by atoms with Gasteiger partial charge in [0.05, 0.1) is 31.4 Å². The van der Waals surface area contributed by atoms with Crippen molar-refractivity contribution in [1.29, 1.82) is 0 Å².